The normalized spacial score (nSPS) is 12.7. The Labute approximate surface area is 166 Å². The zero-order chi connectivity index (χ0) is 19.9. The Hall–Kier alpha value is -2.34. The first-order valence-electron chi connectivity index (χ1n) is 10.3. The van der Waals surface area contributed by atoms with Crippen molar-refractivity contribution in [2.24, 2.45) is 0 Å². The van der Waals surface area contributed by atoms with E-state index in [2.05, 4.69) is 64.1 Å². The molecule has 4 rings (SSSR count). The van der Waals surface area contributed by atoms with Crippen molar-refractivity contribution in [1.82, 2.24) is 0 Å². The Morgan fingerprint density at radius 1 is 0.593 bits per heavy atom. The lowest BCUT2D eigenvalue weighted by atomic mass is 9.73. The van der Waals surface area contributed by atoms with Crippen LogP contribution in [0.1, 0.15) is 62.8 Å². The Kier molecular flexibility index (Phi) is 7.42. The van der Waals surface area contributed by atoms with Crippen LogP contribution in [0.25, 0.3) is 11.1 Å². The van der Waals surface area contributed by atoms with E-state index < -0.39 is 0 Å². The van der Waals surface area contributed by atoms with Crippen molar-refractivity contribution in [2.45, 2.75) is 59.8 Å². The van der Waals surface area contributed by atoms with Crippen LogP contribution in [-0.2, 0) is 5.41 Å². The summed E-state index contributed by atoms with van der Waals surface area (Å²) in [5, 5.41) is 0. The monoisotopic (exact) mass is 358 g/mol. The molecule has 0 nitrogen and oxygen atoms in total. The van der Waals surface area contributed by atoms with Crippen LogP contribution in [-0.4, -0.2) is 0 Å². The molecule has 0 saturated carbocycles. The minimum absolute atomic E-state index is 0.225. The summed E-state index contributed by atoms with van der Waals surface area (Å²) in [7, 11) is 0. The molecule has 0 aliphatic heterocycles. The highest BCUT2D eigenvalue weighted by Gasteiger charge is 2.40. The van der Waals surface area contributed by atoms with E-state index in [-0.39, 0.29) is 5.41 Å². The summed E-state index contributed by atoms with van der Waals surface area (Å²) in [6, 6.07) is 25.9. The lowest BCUT2D eigenvalue weighted by molar-refractivity contribution is 0.490. The Morgan fingerprint density at radius 3 is 1.22 bits per heavy atom. The van der Waals surface area contributed by atoms with Crippen LogP contribution < -0.4 is 0 Å². The van der Waals surface area contributed by atoms with Gasteiger partial charge in [-0.15, -0.1) is 0 Å². The van der Waals surface area contributed by atoms with Gasteiger partial charge in [0.15, 0.2) is 0 Å². The lowest BCUT2D eigenvalue weighted by Crippen LogP contribution is -2.23. The Balaban J connectivity index is 0.000000275. The van der Waals surface area contributed by atoms with Crippen molar-refractivity contribution in [2.75, 3.05) is 0 Å². The molecular formula is C27H34. The lowest BCUT2D eigenvalue weighted by Gasteiger charge is -2.30. The van der Waals surface area contributed by atoms with Crippen LogP contribution in [0.2, 0.25) is 0 Å². The fraction of sp³-hybridized carbons (Fsp3) is 0.333. The molecule has 0 saturated heterocycles. The van der Waals surface area contributed by atoms with E-state index in [4.69, 9.17) is 0 Å². The number of aryl methyl sites for hydroxylation is 2. The summed E-state index contributed by atoms with van der Waals surface area (Å²) in [5.41, 5.74) is 8.94. The van der Waals surface area contributed by atoms with Gasteiger partial charge in [-0.25, -0.2) is 0 Å². The molecule has 1 aliphatic rings. The summed E-state index contributed by atoms with van der Waals surface area (Å²) in [6.07, 6.45) is 2.35. The van der Waals surface area contributed by atoms with Gasteiger partial charge in [0.2, 0.25) is 0 Å². The molecule has 0 heteroatoms. The van der Waals surface area contributed by atoms with E-state index in [0.717, 1.165) is 0 Å². The van der Waals surface area contributed by atoms with Gasteiger partial charge in [0, 0.05) is 5.41 Å². The zero-order valence-electron chi connectivity index (χ0n) is 17.8. The van der Waals surface area contributed by atoms with Gasteiger partial charge in [-0.3, -0.25) is 0 Å². The second-order valence-corrected chi connectivity index (χ2v) is 7.04. The van der Waals surface area contributed by atoms with Crippen LogP contribution in [0, 0.1) is 13.8 Å². The van der Waals surface area contributed by atoms with E-state index in [9.17, 15) is 0 Å². The molecule has 0 heterocycles. The van der Waals surface area contributed by atoms with Gasteiger partial charge >= 0.3 is 0 Å². The average Bonchev–Trinajstić information content (AvgIpc) is 2.99. The van der Waals surface area contributed by atoms with E-state index in [1.54, 1.807) is 0 Å². The average molecular weight is 359 g/mol. The molecule has 0 atom stereocenters. The van der Waals surface area contributed by atoms with Gasteiger partial charge in [0.25, 0.3) is 0 Å². The van der Waals surface area contributed by atoms with Crippen LogP contribution in [0.4, 0.5) is 0 Å². The molecule has 0 unspecified atom stereocenters. The van der Waals surface area contributed by atoms with Crippen LogP contribution in [0.15, 0.2) is 72.8 Å². The predicted octanol–water partition coefficient (Wildman–Crippen LogP) is 8.10. The van der Waals surface area contributed by atoms with Crippen molar-refractivity contribution in [1.29, 1.82) is 0 Å². The third kappa shape index (κ3) is 4.16. The molecule has 0 amide bonds. The SMILES string of the molecule is CC.CCC1(CC)c2cc(C)ccc2-c2ccc(C)cc21.c1ccccc1. The second kappa shape index (κ2) is 9.55. The standard InChI is InChI=1S/C19H22.C6H6.C2H6/c1-5-19(6-2)17-11-13(3)7-9-15(17)16-10-8-14(4)12-18(16)19;1-2-4-6-5-3-1;1-2/h7-12H,5-6H2,1-4H3;1-6H;1-2H3. The number of rotatable bonds is 2. The number of hydrogen-bond acceptors (Lipinski definition) is 0. The van der Waals surface area contributed by atoms with E-state index >= 15 is 0 Å². The Bertz CT molecular complexity index is 759. The number of hydrogen-bond donors (Lipinski definition) is 0. The summed E-state index contributed by atoms with van der Waals surface area (Å²) >= 11 is 0. The van der Waals surface area contributed by atoms with Gasteiger partial charge in [0.05, 0.1) is 0 Å². The highest BCUT2D eigenvalue weighted by Crippen LogP contribution is 2.52. The molecule has 1 aliphatic carbocycles. The highest BCUT2D eigenvalue weighted by atomic mass is 14.4. The zero-order valence-corrected chi connectivity index (χ0v) is 17.8. The maximum absolute atomic E-state index is 2.40. The van der Waals surface area contributed by atoms with Crippen molar-refractivity contribution >= 4 is 0 Å². The van der Waals surface area contributed by atoms with Gasteiger partial charge in [-0.1, -0.05) is 112 Å². The third-order valence-corrected chi connectivity index (χ3v) is 5.55. The van der Waals surface area contributed by atoms with Crippen LogP contribution >= 0.6 is 0 Å². The largest absolute Gasteiger partial charge is 0.0683 e. The van der Waals surface area contributed by atoms with Crippen molar-refractivity contribution in [3.8, 4) is 11.1 Å². The molecule has 27 heavy (non-hydrogen) atoms. The van der Waals surface area contributed by atoms with Gasteiger partial charge < -0.3 is 0 Å². The first-order chi connectivity index (χ1) is 13.1. The van der Waals surface area contributed by atoms with E-state index in [1.807, 2.05) is 50.2 Å². The highest BCUT2D eigenvalue weighted by molar-refractivity contribution is 5.81. The summed E-state index contributed by atoms with van der Waals surface area (Å²) in [5.74, 6) is 0. The van der Waals surface area contributed by atoms with Crippen molar-refractivity contribution in [3.05, 3.63) is 95.1 Å². The van der Waals surface area contributed by atoms with Crippen LogP contribution in [0.5, 0.6) is 0 Å². The fourth-order valence-electron chi connectivity index (χ4n) is 4.12. The second-order valence-electron chi connectivity index (χ2n) is 7.04. The molecule has 0 fully saturated rings. The first-order valence-corrected chi connectivity index (χ1v) is 10.3. The van der Waals surface area contributed by atoms with Crippen molar-refractivity contribution < 1.29 is 0 Å². The molecule has 0 bridgehead atoms. The quantitative estimate of drug-likeness (QED) is 0.434. The molecule has 0 N–H and O–H groups in total. The number of benzene rings is 3. The van der Waals surface area contributed by atoms with Gasteiger partial charge in [-0.2, -0.15) is 0 Å². The van der Waals surface area contributed by atoms with Crippen LogP contribution in [0.3, 0.4) is 0 Å². The molecular weight excluding hydrogens is 324 g/mol. The molecule has 0 radical (unpaired) electrons. The minimum Gasteiger partial charge on any atom is -0.0683 e. The fourth-order valence-corrected chi connectivity index (χ4v) is 4.12. The third-order valence-electron chi connectivity index (χ3n) is 5.55. The maximum Gasteiger partial charge on any atom is 0.0210 e. The van der Waals surface area contributed by atoms with Gasteiger partial charge in [-0.05, 0) is 48.9 Å². The Morgan fingerprint density at radius 2 is 0.926 bits per heavy atom. The molecule has 0 spiro atoms. The van der Waals surface area contributed by atoms with Gasteiger partial charge in [0.1, 0.15) is 0 Å². The van der Waals surface area contributed by atoms with Crippen molar-refractivity contribution in [3.63, 3.8) is 0 Å². The summed E-state index contributed by atoms with van der Waals surface area (Å²) in [4.78, 5) is 0. The topological polar surface area (TPSA) is 0 Å². The van der Waals surface area contributed by atoms with E-state index in [0.29, 0.717) is 0 Å². The molecule has 0 aromatic heterocycles. The molecule has 3 aromatic rings. The first kappa shape index (κ1) is 21.0. The smallest absolute Gasteiger partial charge is 0.0210 e. The minimum atomic E-state index is 0.225. The number of fused-ring (bicyclic) bond motifs is 3. The molecule has 3 aromatic carbocycles. The maximum atomic E-state index is 2.40. The molecule has 142 valence electrons. The summed E-state index contributed by atoms with van der Waals surface area (Å²) < 4.78 is 0. The summed E-state index contributed by atoms with van der Waals surface area (Å²) in [6.45, 7) is 13.1. The predicted molar refractivity (Wildman–Crippen MR) is 121 cm³/mol. The van der Waals surface area contributed by atoms with E-state index in [1.165, 1.54) is 46.2 Å².